The second-order valence-corrected chi connectivity index (χ2v) is 20.3. The molecule has 9 nitrogen and oxygen atoms in total. The van der Waals surface area contributed by atoms with E-state index >= 15 is 0 Å². The summed E-state index contributed by atoms with van der Waals surface area (Å²) in [6.45, 7) is 4.24. The molecule has 362 valence electrons. The van der Waals surface area contributed by atoms with Crippen LogP contribution in [0.3, 0.4) is 0 Å². The second kappa shape index (κ2) is 44.0. The highest BCUT2D eigenvalue weighted by molar-refractivity contribution is 7.45. The van der Waals surface area contributed by atoms with Gasteiger partial charge >= 0.3 is 11.9 Å². The molecule has 2 atom stereocenters. The molecule has 0 spiro atoms. The van der Waals surface area contributed by atoms with E-state index in [4.69, 9.17) is 18.5 Å². The molecule has 0 heterocycles. The number of ether oxygens (including phenoxy) is 2. The van der Waals surface area contributed by atoms with Crippen LogP contribution in [0, 0.1) is 0 Å². The highest BCUT2D eigenvalue weighted by atomic mass is 31.2. The minimum Gasteiger partial charge on any atom is -0.756 e. The average Bonchev–Trinajstić information content (AvgIpc) is 3.21. The topological polar surface area (TPSA) is 111 Å². The van der Waals surface area contributed by atoms with Crippen LogP contribution in [0.4, 0.5) is 0 Å². The lowest BCUT2D eigenvalue weighted by molar-refractivity contribution is -0.870. The lowest BCUT2D eigenvalue weighted by Gasteiger charge is -2.28. The van der Waals surface area contributed by atoms with Crippen LogP contribution in [0.25, 0.3) is 0 Å². The molecular formula is C51H100NO8P. The van der Waals surface area contributed by atoms with Gasteiger partial charge in [-0.25, -0.2) is 0 Å². The summed E-state index contributed by atoms with van der Waals surface area (Å²) in [5.74, 6) is -0.876. The number of unbranched alkanes of at least 4 members (excludes halogenated alkanes) is 32. The van der Waals surface area contributed by atoms with Crippen LogP contribution in [0.1, 0.15) is 251 Å². The number of hydrogen-bond acceptors (Lipinski definition) is 8. The maximum Gasteiger partial charge on any atom is 0.306 e. The van der Waals surface area contributed by atoms with Crippen molar-refractivity contribution in [1.29, 1.82) is 0 Å². The van der Waals surface area contributed by atoms with Crippen molar-refractivity contribution < 1.29 is 42.1 Å². The molecule has 1 unspecified atom stereocenters. The summed E-state index contributed by atoms with van der Waals surface area (Å²) >= 11 is 0. The molecule has 10 heteroatoms. The number of carbonyl (C=O) groups is 2. The molecular weight excluding hydrogens is 786 g/mol. The van der Waals surface area contributed by atoms with Crippen molar-refractivity contribution >= 4 is 19.8 Å². The molecule has 0 aliphatic carbocycles. The molecule has 0 saturated carbocycles. The SMILES string of the molecule is CCCCCCCCCCCCC/C=C/CCC(=O)O[C@H](COC(=O)CCCCCCCCCCCCCCCCCCCCCCCC)COP(=O)([O-])OCC[N+](C)(C)C. The van der Waals surface area contributed by atoms with Gasteiger partial charge < -0.3 is 27.9 Å². The van der Waals surface area contributed by atoms with Crippen molar-refractivity contribution in [2.45, 2.75) is 258 Å². The molecule has 0 rings (SSSR count). The summed E-state index contributed by atoms with van der Waals surface area (Å²) in [5.41, 5.74) is 0. The highest BCUT2D eigenvalue weighted by Crippen LogP contribution is 2.38. The third-order valence-electron chi connectivity index (χ3n) is 11.5. The van der Waals surface area contributed by atoms with Crippen molar-refractivity contribution in [3.05, 3.63) is 12.2 Å². The van der Waals surface area contributed by atoms with E-state index in [1.165, 1.54) is 186 Å². The monoisotopic (exact) mass is 886 g/mol. The Labute approximate surface area is 377 Å². The number of likely N-dealkylation sites (N-methyl/N-ethyl adjacent to an activating group) is 1. The van der Waals surface area contributed by atoms with E-state index in [0.29, 0.717) is 17.4 Å². The number of carbonyl (C=O) groups excluding carboxylic acids is 2. The molecule has 0 N–H and O–H groups in total. The summed E-state index contributed by atoms with van der Waals surface area (Å²) in [5, 5.41) is 0. The first-order chi connectivity index (χ1) is 29.5. The minimum absolute atomic E-state index is 0.0330. The van der Waals surface area contributed by atoms with Crippen molar-refractivity contribution in [3.63, 3.8) is 0 Å². The molecule has 0 aromatic heterocycles. The van der Waals surface area contributed by atoms with E-state index < -0.39 is 26.5 Å². The third kappa shape index (κ3) is 48.1. The van der Waals surface area contributed by atoms with Gasteiger partial charge in [0.25, 0.3) is 7.82 Å². The van der Waals surface area contributed by atoms with Crippen molar-refractivity contribution in [3.8, 4) is 0 Å². The van der Waals surface area contributed by atoms with E-state index in [1.807, 2.05) is 27.2 Å². The van der Waals surface area contributed by atoms with Crippen molar-refractivity contribution in [2.75, 3.05) is 47.5 Å². The Balaban J connectivity index is 4.19. The molecule has 61 heavy (non-hydrogen) atoms. The van der Waals surface area contributed by atoms with Gasteiger partial charge in [-0.15, -0.1) is 0 Å². The van der Waals surface area contributed by atoms with Crippen molar-refractivity contribution in [2.24, 2.45) is 0 Å². The zero-order chi connectivity index (χ0) is 45.0. The van der Waals surface area contributed by atoms with Gasteiger partial charge in [-0.1, -0.05) is 225 Å². The van der Waals surface area contributed by atoms with Crippen LogP contribution in [-0.2, 0) is 32.7 Å². The Morgan fingerprint density at radius 1 is 0.492 bits per heavy atom. The molecule has 0 amide bonds. The molecule has 0 aromatic carbocycles. The number of hydrogen-bond donors (Lipinski definition) is 0. The molecule has 0 fully saturated rings. The fourth-order valence-corrected chi connectivity index (χ4v) is 8.23. The van der Waals surface area contributed by atoms with Gasteiger partial charge in [0, 0.05) is 12.8 Å². The number of phosphoric ester groups is 1. The fourth-order valence-electron chi connectivity index (χ4n) is 7.50. The summed E-state index contributed by atoms with van der Waals surface area (Å²) < 4.78 is 34.0. The van der Waals surface area contributed by atoms with Gasteiger partial charge in [-0.2, -0.15) is 0 Å². The number of nitrogens with zero attached hydrogens (tertiary/aromatic N) is 1. The maximum atomic E-state index is 12.7. The van der Waals surface area contributed by atoms with Crippen LogP contribution in [-0.4, -0.2) is 70.0 Å². The zero-order valence-corrected chi connectivity index (χ0v) is 41.8. The molecule has 0 saturated heterocycles. The van der Waals surface area contributed by atoms with Crippen LogP contribution in [0.5, 0.6) is 0 Å². The fraction of sp³-hybridized carbons (Fsp3) is 0.922. The first kappa shape index (κ1) is 59.8. The Kier molecular flexibility index (Phi) is 43.1. The average molecular weight is 886 g/mol. The van der Waals surface area contributed by atoms with Crippen LogP contribution in [0.15, 0.2) is 12.2 Å². The number of quaternary nitrogens is 1. The molecule has 0 aliphatic rings. The second-order valence-electron chi connectivity index (χ2n) is 18.9. The van der Waals surface area contributed by atoms with E-state index in [1.54, 1.807) is 0 Å². The summed E-state index contributed by atoms with van der Waals surface area (Å²) in [6.07, 6.45) is 48.3. The predicted octanol–water partition coefficient (Wildman–Crippen LogP) is 14.7. The number of rotatable bonds is 48. The van der Waals surface area contributed by atoms with Crippen LogP contribution >= 0.6 is 7.82 Å². The summed E-state index contributed by atoms with van der Waals surface area (Å²) in [4.78, 5) is 37.6. The third-order valence-corrected chi connectivity index (χ3v) is 12.5. The smallest absolute Gasteiger partial charge is 0.306 e. The van der Waals surface area contributed by atoms with Gasteiger partial charge in [-0.05, 0) is 25.7 Å². The summed E-state index contributed by atoms with van der Waals surface area (Å²) in [6, 6.07) is 0. The van der Waals surface area contributed by atoms with Gasteiger partial charge in [0.1, 0.15) is 19.8 Å². The van der Waals surface area contributed by atoms with Crippen molar-refractivity contribution in [1.82, 2.24) is 0 Å². The number of esters is 2. The molecule has 0 aliphatic heterocycles. The highest BCUT2D eigenvalue weighted by Gasteiger charge is 2.21. The Morgan fingerprint density at radius 2 is 0.869 bits per heavy atom. The largest absolute Gasteiger partial charge is 0.756 e. The molecule has 0 aromatic rings. The normalized spacial score (nSPS) is 13.5. The first-order valence-corrected chi connectivity index (χ1v) is 27.4. The minimum atomic E-state index is -4.63. The van der Waals surface area contributed by atoms with E-state index in [9.17, 15) is 19.0 Å². The van der Waals surface area contributed by atoms with Gasteiger partial charge in [0.05, 0.1) is 27.7 Å². The number of allylic oxidation sites excluding steroid dienone is 2. The Morgan fingerprint density at radius 3 is 1.28 bits per heavy atom. The standard InChI is InChI=1S/C51H100NO8P/c1-6-8-10-12-14-16-18-20-22-23-24-25-26-27-28-30-31-33-35-37-39-41-43-50(53)57-47-49(48-59-61(55,56)58-46-45-52(3,4)5)60-51(54)44-42-40-38-36-34-32-29-21-19-17-15-13-11-9-7-2/h38,40,49H,6-37,39,41-48H2,1-5H3/b40-38+/t49-/m1/s1. The predicted molar refractivity (Wildman–Crippen MR) is 255 cm³/mol. The van der Waals surface area contributed by atoms with E-state index in [2.05, 4.69) is 19.9 Å². The first-order valence-electron chi connectivity index (χ1n) is 25.9. The summed E-state index contributed by atoms with van der Waals surface area (Å²) in [7, 11) is 1.16. The number of phosphoric acid groups is 1. The lowest BCUT2D eigenvalue weighted by Crippen LogP contribution is -2.37. The van der Waals surface area contributed by atoms with Gasteiger partial charge in [0.2, 0.25) is 0 Å². The lowest BCUT2D eigenvalue weighted by atomic mass is 10.0. The van der Waals surface area contributed by atoms with Crippen LogP contribution < -0.4 is 4.89 Å². The van der Waals surface area contributed by atoms with E-state index in [0.717, 1.165) is 32.1 Å². The Bertz CT molecular complexity index is 1050. The Hall–Kier alpha value is -1.25. The molecule has 0 bridgehead atoms. The quantitative estimate of drug-likeness (QED) is 0.0195. The maximum absolute atomic E-state index is 12.7. The van der Waals surface area contributed by atoms with E-state index in [-0.39, 0.29) is 32.0 Å². The van der Waals surface area contributed by atoms with Gasteiger partial charge in [-0.3, -0.25) is 14.2 Å². The molecule has 0 radical (unpaired) electrons. The van der Waals surface area contributed by atoms with Crippen LogP contribution in [0.2, 0.25) is 0 Å². The zero-order valence-electron chi connectivity index (χ0n) is 40.9. The van der Waals surface area contributed by atoms with Gasteiger partial charge in [0.15, 0.2) is 6.10 Å².